The summed E-state index contributed by atoms with van der Waals surface area (Å²) in [5.41, 5.74) is 0.622. The number of carbonyl (C=O) groups is 1. The fourth-order valence-electron chi connectivity index (χ4n) is 4.22. The Bertz CT molecular complexity index is 1190. The molecule has 3 rings (SSSR count). The summed E-state index contributed by atoms with van der Waals surface area (Å²) in [7, 11) is -3.67. The molecule has 1 aliphatic rings. The van der Waals surface area contributed by atoms with Gasteiger partial charge in [-0.05, 0) is 82.2 Å². The molecule has 0 aromatic heterocycles. The van der Waals surface area contributed by atoms with Crippen molar-refractivity contribution in [1.82, 2.24) is 14.5 Å². The minimum absolute atomic E-state index is 0.000500. The first-order valence-electron chi connectivity index (χ1n) is 12.0. The molecule has 0 spiro atoms. The van der Waals surface area contributed by atoms with E-state index in [1.54, 1.807) is 50.8 Å². The third-order valence-corrected chi connectivity index (χ3v) is 7.79. The van der Waals surface area contributed by atoms with Crippen molar-refractivity contribution >= 4 is 15.9 Å². The zero-order chi connectivity index (χ0) is 26.7. The summed E-state index contributed by atoms with van der Waals surface area (Å²) in [5, 5.41) is 0. The van der Waals surface area contributed by atoms with E-state index in [9.17, 15) is 17.6 Å². The Kier molecular flexibility index (Phi) is 8.59. The molecule has 1 fully saturated rings. The molecule has 1 aliphatic heterocycles. The first-order chi connectivity index (χ1) is 16.8. The minimum atomic E-state index is -3.67. The molecular weight excluding hydrogens is 481 g/mol. The molecule has 0 unspecified atom stereocenters. The summed E-state index contributed by atoms with van der Waals surface area (Å²) >= 11 is 0. The van der Waals surface area contributed by atoms with Gasteiger partial charge in [0.2, 0.25) is 15.9 Å². The van der Waals surface area contributed by atoms with Gasteiger partial charge in [0, 0.05) is 37.8 Å². The van der Waals surface area contributed by atoms with Crippen molar-refractivity contribution in [3.05, 3.63) is 72.1 Å². The highest BCUT2D eigenvalue weighted by Crippen LogP contribution is 2.27. The van der Waals surface area contributed by atoms with Crippen LogP contribution in [0.5, 0.6) is 5.75 Å². The molecule has 1 heterocycles. The van der Waals surface area contributed by atoms with E-state index in [1.165, 1.54) is 24.3 Å². The lowest BCUT2D eigenvalue weighted by Gasteiger charge is -2.40. The van der Waals surface area contributed by atoms with Crippen molar-refractivity contribution < 1.29 is 22.3 Å². The number of ether oxygens (including phenoxy) is 1. The van der Waals surface area contributed by atoms with Crippen molar-refractivity contribution in [2.75, 3.05) is 26.2 Å². The highest BCUT2D eigenvalue weighted by molar-refractivity contribution is 7.89. The van der Waals surface area contributed by atoms with E-state index >= 15 is 0 Å². The molecule has 0 saturated carbocycles. The van der Waals surface area contributed by atoms with Crippen LogP contribution in [0.25, 0.3) is 0 Å². The second-order valence-corrected chi connectivity index (χ2v) is 12.0. The molecule has 1 saturated heterocycles. The van der Waals surface area contributed by atoms with Crippen molar-refractivity contribution in [3.63, 3.8) is 0 Å². The fourth-order valence-corrected chi connectivity index (χ4v) is 5.64. The van der Waals surface area contributed by atoms with Gasteiger partial charge in [-0.15, -0.1) is 0 Å². The molecule has 2 aromatic rings. The van der Waals surface area contributed by atoms with Crippen LogP contribution >= 0.6 is 0 Å². The van der Waals surface area contributed by atoms with Gasteiger partial charge in [0.25, 0.3) is 0 Å². The van der Waals surface area contributed by atoms with Crippen LogP contribution in [0, 0.1) is 12.7 Å². The smallest absolute Gasteiger partial charge is 0.246 e. The topological polar surface area (TPSA) is 79.0 Å². The summed E-state index contributed by atoms with van der Waals surface area (Å²) < 4.78 is 48.6. The predicted molar refractivity (Wildman–Crippen MR) is 139 cm³/mol. The molecule has 7 nitrogen and oxygen atoms in total. The molecule has 9 heteroatoms. The number of amides is 1. The maximum absolute atomic E-state index is 14.4. The number of aryl methyl sites for hydroxylation is 1. The van der Waals surface area contributed by atoms with Crippen LogP contribution in [0.4, 0.5) is 4.39 Å². The third kappa shape index (κ3) is 7.15. The van der Waals surface area contributed by atoms with E-state index < -0.39 is 21.7 Å². The lowest BCUT2D eigenvalue weighted by Crippen LogP contribution is -2.54. The van der Waals surface area contributed by atoms with Crippen LogP contribution in [0.15, 0.2) is 60.0 Å². The largest absolute Gasteiger partial charge is 0.484 e. The summed E-state index contributed by atoms with van der Waals surface area (Å²) in [5.74, 6) is 0.0707. The molecule has 0 radical (unpaired) electrons. The highest BCUT2D eigenvalue weighted by Gasteiger charge is 2.29. The Morgan fingerprint density at radius 2 is 1.89 bits per heavy atom. The molecule has 2 atom stereocenters. The molecule has 196 valence electrons. The number of benzene rings is 2. The zero-order valence-electron chi connectivity index (χ0n) is 21.6. The average Bonchev–Trinajstić information content (AvgIpc) is 2.79. The number of carbonyl (C=O) groups excluding carboxylic acids is 1. The van der Waals surface area contributed by atoms with Crippen LogP contribution in [0.1, 0.15) is 44.9 Å². The van der Waals surface area contributed by atoms with Gasteiger partial charge in [-0.1, -0.05) is 18.7 Å². The summed E-state index contributed by atoms with van der Waals surface area (Å²) in [6.07, 6.45) is 0.831. The summed E-state index contributed by atoms with van der Waals surface area (Å²) in [4.78, 5) is 16.2. The molecule has 1 amide bonds. The number of hydrogen-bond acceptors (Lipinski definition) is 5. The number of sulfonamides is 1. The number of piperazine rings is 1. The van der Waals surface area contributed by atoms with Gasteiger partial charge in [0.05, 0.1) is 4.90 Å². The van der Waals surface area contributed by atoms with Crippen LogP contribution < -0.4 is 9.46 Å². The Balaban J connectivity index is 1.81. The number of rotatable bonds is 8. The van der Waals surface area contributed by atoms with Crippen molar-refractivity contribution in [2.45, 2.75) is 57.2 Å². The van der Waals surface area contributed by atoms with E-state index in [0.29, 0.717) is 43.1 Å². The van der Waals surface area contributed by atoms with Gasteiger partial charge in [0.1, 0.15) is 17.7 Å². The molecule has 0 aliphatic carbocycles. The van der Waals surface area contributed by atoms with Gasteiger partial charge in [-0.25, -0.2) is 17.5 Å². The number of nitrogens with zero attached hydrogens (tertiary/aromatic N) is 2. The highest BCUT2D eigenvalue weighted by atomic mass is 32.2. The van der Waals surface area contributed by atoms with Gasteiger partial charge >= 0.3 is 0 Å². The molecule has 2 aromatic carbocycles. The van der Waals surface area contributed by atoms with Gasteiger partial charge in [-0.3, -0.25) is 9.69 Å². The lowest BCUT2D eigenvalue weighted by atomic mass is 10.0. The van der Waals surface area contributed by atoms with Crippen LogP contribution in [-0.2, 0) is 14.8 Å². The van der Waals surface area contributed by atoms with Crippen LogP contribution in [0.3, 0.4) is 0 Å². The lowest BCUT2D eigenvalue weighted by molar-refractivity contribution is -0.130. The van der Waals surface area contributed by atoms with Gasteiger partial charge < -0.3 is 9.64 Å². The number of hydrogen-bond donors (Lipinski definition) is 1. The van der Waals surface area contributed by atoms with Crippen molar-refractivity contribution in [2.24, 2.45) is 0 Å². The maximum Gasteiger partial charge on any atom is 0.246 e. The predicted octanol–water partition coefficient (Wildman–Crippen LogP) is 4.05. The van der Waals surface area contributed by atoms with Crippen molar-refractivity contribution in [1.29, 1.82) is 0 Å². The average molecular weight is 518 g/mol. The monoisotopic (exact) mass is 517 g/mol. The Morgan fingerprint density at radius 1 is 1.22 bits per heavy atom. The quantitative estimate of drug-likeness (QED) is 0.535. The zero-order valence-corrected chi connectivity index (χ0v) is 22.4. The second kappa shape index (κ2) is 11.1. The first-order valence-corrected chi connectivity index (χ1v) is 13.5. The third-order valence-electron chi connectivity index (χ3n) is 6.01. The van der Waals surface area contributed by atoms with Gasteiger partial charge in [-0.2, -0.15) is 0 Å². The molecule has 36 heavy (non-hydrogen) atoms. The molecule has 0 bridgehead atoms. The van der Waals surface area contributed by atoms with E-state index in [2.05, 4.69) is 16.2 Å². The summed E-state index contributed by atoms with van der Waals surface area (Å²) in [6.45, 7) is 14.9. The standard InChI is InChI=1S/C27H36FN3O4S/c1-7-26(32)31-15-14-30(17-20(31)3)18-25(21-9-8-19(2)24(28)16-21)35-22-10-12-23(13-11-22)36(33,34)29-27(4,5)6/h7-13,16,20,25,29H,1,14-15,17-18H2,2-6H3/t20-,25+/m1/s1. The second-order valence-electron chi connectivity index (χ2n) is 10.3. The fraction of sp³-hybridized carbons (Fsp3) is 0.444. The Morgan fingerprint density at radius 3 is 2.44 bits per heavy atom. The normalized spacial score (nSPS) is 18.1. The Hall–Kier alpha value is -2.75. The van der Waals surface area contributed by atoms with E-state index in [4.69, 9.17) is 4.74 Å². The van der Waals surface area contributed by atoms with E-state index in [-0.39, 0.29) is 22.7 Å². The van der Waals surface area contributed by atoms with Gasteiger partial charge in [0.15, 0.2) is 0 Å². The minimum Gasteiger partial charge on any atom is -0.484 e. The Labute approximate surface area is 214 Å². The first kappa shape index (κ1) is 27.8. The van der Waals surface area contributed by atoms with Crippen LogP contribution in [0.2, 0.25) is 0 Å². The SMILES string of the molecule is C=CC(=O)N1CCN(C[C@H](Oc2ccc(S(=O)(=O)NC(C)(C)C)cc2)c2ccc(C)c(F)c2)C[C@H]1C. The number of halogens is 1. The van der Waals surface area contributed by atoms with E-state index in [1.807, 2.05) is 13.0 Å². The maximum atomic E-state index is 14.4. The van der Waals surface area contributed by atoms with Crippen LogP contribution in [-0.4, -0.2) is 61.9 Å². The van der Waals surface area contributed by atoms with E-state index in [0.717, 1.165) is 0 Å². The molecule has 1 N–H and O–H groups in total. The number of nitrogens with one attached hydrogen (secondary N) is 1. The summed E-state index contributed by atoms with van der Waals surface area (Å²) in [6, 6.07) is 11.3. The van der Waals surface area contributed by atoms with Crippen molar-refractivity contribution in [3.8, 4) is 5.75 Å². The molecular formula is C27H36FN3O4S.